The molecule has 4 atom stereocenters. The summed E-state index contributed by atoms with van der Waals surface area (Å²) >= 11 is 0. The third-order valence-corrected chi connectivity index (χ3v) is 7.28. The second-order valence-corrected chi connectivity index (χ2v) is 8.89. The number of allylic oxidation sites excluding steroid dienone is 1. The van der Waals surface area contributed by atoms with Gasteiger partial charge in [-0.25, -0.2) is 0 Å². The molecule has 0 radical (unpaired) electrons. The molecular formula is C21H39N. The molecule has 1 nitrogen and oxygen atoms in total. The average molecular weight is 306 g/mol. The van der Waals surface area contributed by atoms with Gasteiger partial charge in [-0.05, 0) is 80.5 Å². The van der Waals surface area contributed by atoms with Gasteiger partial charge >= 0.3 is 0 Å². The minimum Gasteiger partial charge on any atom is -0.328 e. The zero-order valence-electron chi connectivity index (χ0n) is 15.5. The van der Waals surface area contributed by atoms with E-state index in [-0.39, 0.29) is 0 Å². The van der Waals surface area contributed by atoms with Gasteiger partial charge in [-0.15, -0.1) is 0 Å². The molecule has 0 aliphatic heterocycles. The third-order valence-electron chi connectivity index (χ3n) is 7.28. The summed E-state index contributed by atoms with van der Waals surface area (Å²) in [6.45, 7) is 14.3. The largest absolute Gasteiger partial charge is 0.328 e. The first-order valence-electron chi connectivity index (χ1n) is 9.79. The van der Waals surface area contributed by atoms with Crippen LogP contribution in [0.3, 0.4) is 0 Å². The Morgan fingerprint density at radius 1 is 1.27 bits per heavy atom. The summed E-state index contributed by atoms with van der Waals surface area (Å²) in [4.78, 5) is 0. The van der Waals surface area contributed by atoms with E-state index in [2.05, 4.69) is 34.3 Å². The average Bonchev–Trinajstić information content (AvgIpc) is 2.49. The maximum Gasteiger partial charge on any atom is 0.00390 e. The van der Waals surface area contributed by atoms with Crippen molar-refractivity contribution in [3.63, 3.8) is 0 Å². The smallest absolute Gasteiger partial charge is 0.00390 e. The Bertz CT molecular complexity index is 366. The monoisotopic (exact) mass is 305 g/mol. The second kappa shape index (κ2) is 7.51. The van der Waals surface area contributed by atoms with E-state index in [0.29, 0.717) is 11.5 Å². The fourth-order valence-corrected chi connectivity index (χ4v) is 5.37. The van der Waals surface area contributed by atoms with Gasteiger partial charge in [0, 0.05) is 6.04 Å². The van der Waals surface area contributed by atoms with Crippen molar-refractivity contribution >= 4 is 0 Å². The van der Waals surface area contributed by atoms with Crippen LogP contribution in [0.4, 0.5) is 0 Å². The van der Waals surface area contributed by atoms with Crippen LogP contribution in [0.15, 0.2) is 12.2 Å². The van der Waals surface area contributed by atoms with Crippen LogP contribution in [0, 0.1) is 29.1 Å². The van der Waals surface area contributed by atoms with Gasteiger partial charge in [-0.2, -0.15) is 0 Å². The lowest BCUT2D eigenvalue weighted by Crippen LogP contribution is -2.42. The Kier molecular flexibility index (Phi) is 6.16. The number of rotatable bonds is 3. The van der Waals surface area contributed by atoms with Gasteiger partial charge < -0.3 is 5.73 Å². The molecule has 0 aromatic heterocycles. The molecule has 0 saturated heterocycles. The van der Waals surface area contributed by atoms with E-state index in [1.54, 1.807) is 0 Å². The van der Waals surface area contributed by atoms with Crippen molar-refractivity contribution in [2.75, 3.05) is 0 Å². The topological polar surface area (TPSA) is 26.0 Å². The van der Waals surface area contributed by atoms with Crippen LogP contribution >= 0.6 is 0 Å². The summed E-state index contributed by atoms with van der Waals surface area (Å²) < 4.78 is 0. The molecule has 2 fully saturated rings. The molecule has 0 aromatic carbocycles. The first-order chi connectivity index (χ1) is 10.4. The predicted octanol–water partition coefficient (Wildman–Crippen LogP) is 5.94. The van der Waals surface area contributed by atoms with Crippen molar-refractivity contribution in [1.82, 2.24) is 0 Å². The maximum atomic E-state index is 6.17. The van der Waals surface area contributed by atoms with Gasteiger partial charge in [-0.3, -0.25) is 0 Å². The second-order valence-electron chi connectivity index (χ2n) is 8.89. The molecule has 0 heterocycles. The number of nitrogens with two attached hydrogens (primary N) is 1. The maximum absolute atomic E-state index is 6.17. The molecule has 0 bridgehead atoms. The first-order valence-corrected chi connectivity index (χ1v) is 9.79. The number of hydrogen-bond acceptors (Lipinski definition) is 1. The van der Waals surface area contributed by atoms with E-state index in [9.17, 15) is 0 Å². The molecule has 1 heteroatoms. The fraction of sp³-hybridized carbons (Fsp3) is 0.905. The van der Waals surface area contributed by atoms with E-state index in [1.165, 1.54) is 63.4 Å². The van der Waals surface area contributed by atoms with Crippen LogP contribution in [0.1, 0.15) is 85.5 Å². The summed E-state index contributed by atoms with van der Waals surface area (Å²) in [5.41, 5.74) is 8.15. The summed E-state index contributed by atoms with van der Waals surface area (Å²) in [5, 5.41) is 0. The molecule has 128 valence electrons. The lowest BCUT2D eigenvalue weighted by molar-refractivity contribution is 0.00851. The van der Waals surface area contributed by atoms with E-state index >= 15 is 0 Å². The molecule has 0 spiro atoms. The van der Waals surface area contributed by atoms with E-state index in [0.717, 1.165) is 23.7 Å². The molecule has 4 unspecified atom stereocenters. The molecule has 2 rings (SSSR count). The Balaban J connectivity index is 2.23. The van der Waals surface area contributed by atoms with Gasteiger partial charge in [0.1, 0.15) is 0 Å². The molecule has 2 N–H and O–H groups in total. The molecule has 2 aliphatic carbocycles. The number of hydrogen-bond donors (Lipinski definition) is 1. The highest BCUT2D eigenvalue weighted by molar-refractivity contribution is 5.03. The minimum absolute atomic E-state index is 0.469. The Hall–Kier alpha value is -0.300. The van der Waals surface area contributed by atoms with Crippen molar-refractivity contribution < 1.29 is 0 Å². The fourth-order valence-electron chi connectivity index (χ4n) is 5.37. The molecule has 2 saturated carbocycles. The Morgan fingerprint density at radius 3 is 2.50 bits per heavy atom. The summed E-state index contributed by atoms with van der Waals surface area (Å²) in [5.74, 6) is 3.41. The standard InChI is InChI=1S/C21H39N/c1-6-17(4)21(5)12-11-15(2)13-16(3)14-20(21)18-7-9-19(22)10-8-18/h16-20H,2,6-14,22H2,1,3-5H3. The van der Waals surface area contributed by atoms with Gasteiger partial charge in [0.25, 0.3) is 0 Å². The zero-order chi connectivity index (χ0) is 16.3. The third kappa shape index (κ3) is 3.96. The predicted molar refractivity (Wildman–Crippen MR) is 97.8 cm³/mol. The first kappa shape index (κ1) is 18.0. The van der Waals surface area contributed by atoms with Crippen LogP contribution in [-0.2, 0) is 0 Å². The van der Waals surface area contributed by atoms with Crippen LogP contribution < -0.4 is 5.73 Å². The lowest BCUT2D eigenvalue weighted by atomic mass is 9.55. The Labute approximate surface area is 139 Å². The van der Waals surface area contributed by atoms with Gasteiger partial charge in [0.2, 0.25) is 0 Å². The van der Waals surface area contributed by atoms with Crippen molar-refractivity contribution in [2.24, 2.45) is 34.8 Å². The summed E-state index contributed by atoms with van der Waals surface area (Å²) in [7, 11) is 0. The molecule has 2 aliphatic rings. The van der Waals surface area contributed by atoms with E-state index in [4.69, 9.17) is 5.73 Å². The highest BCUT2D eigenvalue weighted by Crippen LogP contribution is 2.52. The van der Waals surface area contributed by atoms with Gasteiger partial charge in [0.15, 0.2) is 0 Å². The molecular weight excluding hydrogens is 266 g/mol. The van der Waals surface area contributed by atoms with Crippen LogP contribution in [0.5, 0.6) is 0 Å². The van der Waals surface area contributed by atoms with Crippen molar-refractivity contribution in [3.8, 4) is 0 Å². The van der Waals surface area contributed by atoms with Crippen molar-refractivity contribution in [2.45, 2.75) is 91.5 Å². The quantitative estimate of drug-likeness (QED) is 0.642. The zero-order valence-corrected chi connectivity index (χ0v) is 15.5. The van der Waals surface area contributed by atoms with Crippen LogP contribution in [0.2, 0.25) is 0 Å². The minimum atomic E-state index is 0.469. The highest BCUT2D eigenvalue weighted by atomic mass is 14.6. The van der Waals surface area contributed by atoms with Gasteiger partial charge in [-0.1, -0.05) is 46.3 Å². The van der Waals surface area contributed by atoms with Gasteiger partial charge in [0.05, 0.1) is 0 Å². The lowest BCUT2D eigenvalue weighted by Gasteiger charge is -2.50. The van der Waals surface area contributed by atoms with E-state index in [1.807, 2.05) is 0 Å². The van der Waals surface area contributed by atoms with Crippen LogP contribution in [-0.4, -0.2) is 6.04 Å². The molecule has 0 aromatic rings. The SMILES string of the molecule is C=C1CCC(C)(C(C)CC)C(C2CCC(N)CC2)CC(C)C1. The highest BCUT2D eigenvalue weighted by Gasteiger charge is 2.43. The summed E-state index contributed by atoms with van der Waals surface area (Å²) in [6, 6.07) is 0.469. The summed E-state index contributed by atoms with van der Waals surface area (Å²) in [6.07, 6.45) is 11.8. The normalized spacial score (nSPS) is 42.5. The van der Waals surface area contributed by atoms with Crippen LogP contribution in [0.25, 0.3) is 0 Å². The Morgan fingerprint density at radius 2 is 1.91 bits per heavy atom. The molecule has 22 heavy (non-hydrogen) atoms. The van der Waals surface area contributed by atoms with Crippen molar-refractivity contribution in [3.05, 3.63) is 12.2 Å². The molecule has 0 amide bonds. The van der Waals surface area contributed by atoms with Crippen molar-refractivity contribution in [1.29, 1.82) is 0 Å². The van der Waals surface area contributed by atoms with E-state index < -0.39 is 0 Å².